The molecule has 0 aromatic heterocycles. The lowest BCUT2D eigenvalue weighted by Crippen LogP contribution is -2.38. The van der Waals surface area contributed by atoms with E-state index in [9.17, 15) is 4.39 Å². The van der Waals surface area contributed by atoms with Crippen LogP contribution in [-0.4, -0.2) is 19.3 Å². The number of hydrogen-bond donors (Lipinski definition) is 1. The summed E-state index contributed by atoms with van der Waals surface area (Å²) in [7, 11) is 1.43. The van der Waals surface area contributed by atoms with E-state index >= 15 is 0 Å². The molecule has 0 heterocycles. The lowest BCUT2D eigenvalue weighted by molar-refractivity contribution is -0.0298. The zero-order chi connectivity index (χ0) is 13.1. The van der Waals surface area contributed by atoms with E-state index in [1.807, 2.05) is 20.8 Å². The van der Waals surface area contributed by atoms with Gasteiger partial charge in [-0.2, -0.15) is 0 Å². The Morgan fingerprint density at radius 2 is 2.06 bits per heavy atom. The fourth-order valence-corrected chi connectivity index (χ4v) is 1.74. The minimum absolute atomic E-state index is 0.218. The van der Waals surface area contributed by atoms with Crippen molar-refractivity contribution < 1.29 is 13.9 Å². The molecule has 1 aromatic carbocycles. The van der Waals surface area contributed by atoms with Crippen molar-refractivity contribution in [3.05, 3.63) is 29.6 Å². The molecule has 1 unspecified atom stereocenters. The highest BCUT2D eigenvalue weighted by Crippen LogP contribution is 2.29. The van der Waals surface area contributed by atoms with Gasteiger partial charge in [0.05, 0.1) is 18.8 Å². The summed E-state index contributed by atoms with van der Waals surface area (Å²) in [6, 6.07) is 4.34. The molecule has 0 saturated heterocycles. The second-order valence-electron chi connectivity index (χ2n) is 4.41. The van der Waals surface area contributed by atoms with E-state index in [2.05, 4.69) is 0 Å². The van der Waals surface area contributed by atoms with Crippen molar-refractivity contribution in [2.45, 2.75) is 32.4 Å². The van der Waals surface area contributed by atoms with Crippen LogP contribution in [0.25, 0.3) is 0 Å². The SMILES string of the molecule is CCOC(C)(C)C(N)c1ccc(OC)c(F)c1. The molecule has 1 aromatic rings. The van der Waals surface area contributed by atoms with E-state index in [1.54, 1.807) is 12.1 Å². The number of rotatable bonds is 5. The van der Waals surface area contributed by atoms with E-state index in [4.69, 9.17) is 15.2 Å². The van der Waals surface area contributed by atoms with Gasteiger partial charge in [-0.25, -0.2) is 4.39 Å². The molecule has 0 aliphatic carbocycles. The highest BCUT2D eigenvalue weighted by atomic mass is 19.1. The number of methoxy groups -OCH3 is 1. The first-order valence-corrected chi connectivity index (χ1v) is 5.65. The topological polar surface area (TPSA) is 44.5 Å². The molecule has 4 heteroatoms. The Morgan fingerprint density at radius 3 is 2.53 bits per heavy atom. The van der Waals surface area contributed by atoms with Gasteiger partial charge in [0.2, 0.25) is 0 Å². The quantitative estimate of drug-likeness (QED) is 0.862. The molecule has 0 spiro atoms. The van der Waals surface area contributed by atoms with E-state index < -0.39 is 11.4 Å². The smallest absolute Gasteiger partial charge is 0.165 e. The summed E-state index contributed by atoms with van der Waals surface area (Å²) in [5.41, 5.74) is 6.25. The van der Waals surface area contributed by atoms with Crippen LogP contribution in [0, 0.1) is 5.82 Å². The lowest BCUT2D eigenvalue weighted by atomic mass is 9.92. The van der Waals surface area contributed by atoms with Crippen LogP contribution in [0.4, 0.5) is 4.39 Å². The normalized spacial score (nSPS) is 13.5. The van der Waals surface area contributed by atoms with Crippen molar-refractivity contribution in [3.63, 3.8) is 0 Å². The number of ether oxygens (including phenoxy) is 2. The fraction of sp³-hybridized carbons (Fsp3) is 0.538. The molecule has 0 aliphatic heterocycles. The van der Waals surface area contributed by atoms with Gasteiger partial charge in [-0.1, -0.05) is 6.07 Å². The number of halogens is 1. The van der Waals surface area contributed by atoms with Gasteiger partial charge in [-0.3, -0.25) is 0 Å². The molecule has 0 saturated carbocycles. The van der Waals surface area contributed by atoms with Crippen LogP contribution in [0.15, 0.2) is 18.2 Å². The maximum atomic E-state index is 13.6. The predicted molar refractivity (Wildman–Crippen MR) is 65.6 cm³/mol. The summed E-state index contributed by atoms with van der Waals surface area (Å²) in [4.78, 5) is 0. The second-order valence-corrected chi connectivity index (χ2v) is 4.41. The maximum absolute atomic E-state index is 13.6. The molecule has 3 nitrogen and oxygen atoms in total. The van der Waals surface area contributed by atoms with Crippen LogP contribution in [0.3, 0.4) is 0 Å². The summed E-state index contributed by atoms with van der Waals surface area (Å²) in [5, 5.41) is 0. The van der Waals surface area contributed by atoms with Crippen LogP contribution in [-0.2, 0) is 4.74 Å². The Kier molecular flexibility index (Phi) is 4.48. The largest absolute Gasteiger partial charge is 0.494 e. The van der Waals surface area contributed by atoms with E-state index in [0.717, 1.165) is 0 Å². The van der Waals surface area contributed by atoms with Crippen molar-refractivity contribution in [2.75, 3.05) is 13.7 Å². The fourth-order valence-electron chi connectivity index (χ4n) is 1.74. The molecule has 0 radical (unpaired) electrons. The van der Waals surface area contributed by atoms with Gasteiger partial charge in [-0.05, 0) is 38.5 Å². The molecular weight excluding hydrogens is 221 g/mol. The molecule has 17 heavy (non-hydrogen) atoms. The summed E-state index contributed by atoms with van der Waals surface area (Å²) in [5.74, 6) is -0.192. The molecule has 1 rings (SSSR count). The van der Waals surface area contributed by atoms with E-state index in [1.165, 1.54) is 13.2 Å². The third-order valence-electron chi connectivity index (χ3n) is 2.80. The first-order valence-electron chi connectivity index (χ1n) is 5.65. The highest BCUT2D eigenvalue weighted by molar-refractivity contribution is 5.31. The number of benzene rings is 1. The molecule has 1 atom stereocenters. The third kappa shape index (κ3) is 3.17. The Labute approximate surface area is 102 Å². The third-order valence-corrected chi connectivity index (χ3v) is 2.80. The van der Waals surface area contributed by atoms with Crippen molar-refractivity contribution in [1.82, 2.24) is 0 Å². The summed E-state index contributed by atoms with van der Waals surface area (Å²) >= 11 is 0. The van der Waals surface area contributed by atoms with Gasteiger partial charge >= 0.3 is 0 Å². The molecule has 2 N–H and O–H groups in total. The lowest BCUT2D eigenvalue weighted by Gasteiger charge is -2.31. The monoisotopic (exact) mass is 241 g/mol. The predicted octanol–water partition coefficient (Wildman–Crippen LogP) is 2.65. The Bertz CT molecular complexity index is 380. The number of hydrogen-bond acceptors (Lipinski definition) is 3. The average Bonchev–Trinajstić information content (AvgIpc) is 2.27. The summed E-state index contributed by atoms with van der Waals surface area (Å²) < 4.78 is 24.0. The van der Waals surface area contributed by atoms with Crippen LogP contribution < -0.4 is 10.5 Å². The minimum atomic E-state index is -0.532. The first kappa shape index (κ1) is 13.9. The Hall–Kier alpha value is -1.13. The van der Waals surface area contributed by atoms with Crippen LogP contribution in [0.1, 0.15) is 32.4 Å². The molecule has 0 aliphatic rings. The second kappa shape index (κ2) is 5.47. The first-order chi connectivity index (χ1) is 7.92. The van der Waals surface area contributed by atoms with Crippen molar-refractivity contribution >= 4 is 0 Å². The van der Waals surface area contributed by atoms with Gasteiger partial charge in [0.15, 0.2) is 11.6 Å². The van der Waals surface area contributed by atoms with Crippen molar-refractivity contribution in [2.24, 2.45) is 5.73 Å². The van der Waals surface area contributed by atoms with Gasteiger partial charge < -0.3 is 15.2 Å². The molecule has 0 bridgehead atoms. The highest BCUT2D eigenvalue weighted by Gasteiger charge is 2.28. The van der Waals surface area contributed by atoms with Crippen molar-refractivity contribution in [1.29, 1.82) is 0 Å². The zero-order valence-electron chi connectivity index (χ0n) is 10.8. The van der Waals surface area contributed by atoms with Gasteiger partial charge in [-0.15, -0.1) is 0 Å². The standard InChI is InChI=1S/C13H20FNO2/c1-5-17-13(2,3)12(15)9-6-7-11(16-4)10(14)8-9/h6-8,12H,5,15H2,1-4H3. The Morgan fingerprint density at radius 1 is 1.41 bits per heavy atom. The molecule has 0 amide bonds. The van der Waals surface area contributed by atoms with Crippen LogP contribution in [0.2, 0.25) is 0 Å². The zero-order valence-corrected chi connectivity index (χ0v) is 10.8. The minimum Gasteiger partial charge on any atom is -0.494 e. The van der Waals surface area contributed by atoms with Gasteiger partial charge in [0.1, 0.15) is 0 Å². The van der Waals surface area contributed by atoms with Gasteiger partial charge in [0.25, 0.3) is 0 Å². The summed E-state index contributed by atoms with van der Waals surface area (Å²) in [6.07, 6.45) is 0. The average molecular weight is 241 g/mol. The van der Waals surface area contributed by atoms with E-state index in [-0.39, 0.29) is 11.8 Å². The van der Waals surface area contributed by atoms with Gasteiger partial charge in [0, 0.05) is 6.61 Å². The summed E-state index contributed by atoms with van der Waals surface area (Å²) in [6.45, 7) is 6.26. The molecule has 0 fully saturated rings. The van der Waals surface area contributed by atoms with E-state index in [0.29, 0.717) is 12.2 Å². The van der Waals surface area contributed by atoms with Crippen molar-refractivity contribution in [3.8, 4) is 5.75 Å². The number of nitrogens with two attached hydrogens (primary N) is 1. The maximum Gasteiger partial charge on any atom is 0.165 e. The molecular formula is C13H20FNO2. The Balaban J connectivity index is 2.96. The molecule has 96 valence electrons. The van der Waals surface area contributed by atoms with Crippen LogP contribution in [0.5, 0.6) is 5.75 Å². The van der Waals surface area contributed by atoms with Crippen LogP contribution >= 0.6 is 0 Å².